The maximum absolute atomic E-state index is 13.0. The van der Waals surface area contributed by atoms with E-state index in [2.05, 4.69) is 6.08 Å². The smallest absolute Gasteiger partial charge is 0.379 e. The van der Waals surface area contributed by atoms with Crippen molar-refractivity contribution in [3.63, 3.8) is 0 Å². The lowest BCUT2D eigenvalue weighted by molar-refractivity contribution is -0.123. The van der Waals surface area contributed by atoms with Gasteiger partial charge in [-0.1, -0.05) is 17.7 Å². The molecule has 5 rings (SSSR count). The zero-order valence-electron chi connectivity index (χ0n) is 14.6. The van der Waals surface area contributed by atoms with Gasteiger partial charge in [0.1, 0.15) is 5.75 Å². The average molecular weight is 363 g/mol. The number of allylic oxidation sites excluding steroid dienone is 2. The number of amides is 2. The minimum absolute atomic E-state index is 0.0846. The quantitative estimate of drug-likeness (QED) is 0.362. The first kappa shape index (κ1) is 16.1. The molecular weight excluding hydrogens is 346 g/mol. The van der Waals surface area contributed by atoms with Crippen LogP contribution in [0.3, 0.4) is 0 Å². The Balaban J connectivity index is 1.42. The summed E-state index contributed by atoms with van der Waals surface area (Å²) in [6.07, 6.45) is 4.42. The van der Waals surface area contributed by atoms with E-state index in [1.54, 1.807) is 30.3 Å². The molecule has 136 valence electrons. The lowest BCUT2D eigenvalue weighted by Gasteiger charge is -2.19. The summed E-state index contributed by atoms with van der Waals surface area (Å²) in [7, 11) is 0. The van der Waals surface area contributed by atoms with Crippen molar-refractivity contribution in [3.05, 3.63) is 60.1 Å². The van der Waals surface area contributed by atoms with Crippen molar-refractivity contribution in [2.75, 3.05) is 4.90 Å². The van der Waals surface area contributed by atoms with E-state index in [0.717, 1.165) is 6.42 Å². The lowest BCUT2D eigenvalue weighted by atomic mass is 9.82. The second-order valence-electron chi connectivity index (χ2n) is 7.34. The summed E-state index contributed by atoms with van der Waals surface area (Å²) in [5.74, 6) is -0.809. The Hall–Kier alpha value is -3.15. The van der Waals surface area contributed by atoms with E-state index in [0.29, 0.717) is 5.69 Å². The summed E-state index contributed by atoms with van der Waals surface area (Å²) in [6, 6.07) is 9.59. The number of rotatable bonds is 3. The highest BCUT2D eigenvalue weighted by Crippen LogP contribution is 2.55. The molecule has 2 fully saturated rings. The van der Waals surface area contributed by atoms with Crippen molar-refractivity contribution in [3.8, 4) is 5.75 Å². The third-order valence-corrected chi connectivity index (χ3v) is 5.89. The molecule has 27 heavy (non-hydrogen) atoms. The first-order valence-corrected chi connectivity index (χ1v) is 8.96. The summed E-state index contributed by atoms with van der Waals surface area (Å²) in [5.41, 5.74) is 1.64. The van der Waals surface area contributed by atoms with Crippen LogP contribution in [0.5, 0.6) is 5.75 Å². The molecule has 1 aromatic carbocycles. The number of ether oxygens (including phenoxy) is 1. The minimum atomic E-state index is -0.633. The van der Waals surface area contributed by atoms with Gasteiger partial charge in [-0.05, 0) is 49.4 Å². The number of hydrogen-bond acceptors (Lipinski definition) is 5. The summed E-state index contributed by atoms with van der Waals surface area (Å²) in [4.78, 5) is 39.3. The van der Waals surface area contributed by atoms with Crippen molar-refractivity contribution >= 4 is 23.5 Å². The first-order valence-electron chi connectivity index (χ1n) is 8.96. The van der Waals surface area contributed by atoms with Gasteiger partial charge in [0.05, 0.1) is 23.8 Å². The van der Waals surface area contributed by atoms with Crippen LogP contribution in [0.15, 0.2) is 58.7 Å². The number of fused-ring (bicyclic) bond motifs is 5. The molecular formula is C21H17NO5. The lowest BCUT2D eigenvalue weighted by Crippen LogP contribution is -2.32. The molecule has 3 aliphatic rings. The molecule has 0 N–H and O–H groups in total. The van der Waals surface area contributed by atoms with Gasteiger partial charge >= 0.3 is 5.97 Å². The van der Waals surface area contributed by atoms with Crippen LogP contribution in [0.2, 0.25) is 0 Å². The molecule has 4 atom stereocenters. The van der Waals surface area contributed by atoms with E-state index in [4.69, 9.17) is 9.15 Å². The molecule has 0 unspecified atom stereocenters. The molecule has 2 heterocycles. The molecule has 6 nitrogen and oxygen atoms in total. The average Bonchev–Trinajstić information content (AvgIpc) is 3.40. The molecule has 1 aromatic heterocycles. The second-order valence-corrected chi connectivity index (χ2v) is 7.34. The fourth-order valence-corrected chi connectivity index (χ4v) is 4.77. The van der Waals surface area contributed by atoms with Gasteiger partial charge in [-0.25, -0.2) is 9.69 Å². The molecule has 0 radical (unpaired) electrons. The van der Waals surface area contributed by atoms with Crippen molar-refractivity contribution in [2.24, 2.45) is 23.7 Å². The van der Waals surface area contributed by atoms with Gasteiger partial charge in [0.25, 0.3) is 0 Å². The van der Waals surface area contributed by atoms with Crippen LogP contribution < -0.4 is 9.64 Å². The van der Waals surface area contributed by atoms with E-state index in [-0.39, 0.29) is 47.0 Å². The molecule has 2 aromatic rings. The van der Waals surface area contributed by atoms with E-state index in [9.17, 15) is 14.4 Å². The highest BCUT2D eigenvalue weighted by molar-refractivity contribution is 6.23. The minimum Gasteiger partial charge on any atom is -0.457 e. The van der Waals surface area contributed by atoms with Gasteiger partial charge in [-0.3, -0.25) is 9.59 Å². The van der Waals surface area contributed by atoms with Gasteiger partial charge in [0, 0.05) is 6.07 Å². The maximum atomic E-state index is 13.0. The molecule has 2 amide bonds. The van der Waals surface area contributed by atoms with Gasteiger partial charge in [0.2, 0.25) is 17.6 Å². The first-order chi connectivity index (χ1) is 13.0. The van der Waals surface area contributed by atoms with E-state index in [1.807, 2.05) is 6.92 Å². The second kappa shape index (κ2) is 5.67. The maximum Gasteiger partial charge on any atom is 0.379 e. The number of hydrogen-bond donors (Lipinski definition) is 0. The van der Waals surface area contributed by atoms with Crippen molar-refractivity contribution < 1.29 is 23.5 Å². The number of benzene rings is 1. The zero-order chi connectivity index (χ0) is 18.7. The number of carbonyl (C=O) groups excluding carboxylic acids is 3. The third kappa shape index (κ3) is 2.29. The Morgan fingerprint density at radius 2 is 1.96 bits per heavy atom. The molecule has 1 saturated carbocycles. The number of imide groups is 1. The van der Waals surface area contributed by atoms with Crippen LogP contribution in [0.1, 0.15) is 23.9 Å². The fraction of sp³-hybridized carbons (Fsp3) is 0.286. The predicted octanol–water partition coefficient (Wildman–Crippen LogP) is 3.20. The molecule has 0 spiro atoms. The van der Waals surface area contributed by atoms with Crippen LogP contribution in [-0.2, 0) is 9.59 Å². The van der Waals surface area contributed by atoms with Gasteiger partial charge < -0.3 is 9.15 Å². The van der Waals surface area contributed by atoms with Crippen LogP contribution >= 0.6 is 0 Å². The van der Waals surface area contributed by atoms with Gasteiger partial charge in [0.15, 0.2) is 0 Å². The third-order valence-electron chi connectivity index (χ3n) is 5.89. The number of esters is 1. The molecule has 1 saturated heterocycles. The van der Waals surface area contributed by atoms with Crippen LogP contribution in [0.25, 0.3) is 0 Å². The number of anilines is 1. The number of nitrogens with zero attached hydrogens (tertiary/aromatic N) is 1. The molecule has 2 aliphatic carbocycles. The summed E-state index contributed by atoms with van der Waals surface area (Å²) in [6.45, 7) is 2.04. The summed E-state index contributed by atoms with van der Waals surface area (Å²) < 4.78 is 10.3. The highest BCUT2D eigenvalue weighted by Gasteiger charge is 2.60. The highest BCUT2D eigenvalue weighted by atomic mass is 16.5. The fourth-order valence-electron chi connectivity index (χ4n) is 4.77. The standard InChI is InChI=1S/C21H17NO5/c1-11-8-12-9-15(11)18-17(12)19(23)22(20(18)24)13-4-2-5-14(10-13)27-21(25)16-6-3-7-26-16/h2-8,10,12,15,17-18H,9H2,1H3/t12-,15+,17-,18+/m0/s1. The topological polar surface area (TPSA) is 76.8 Å². The number of carbonyl (C=O) groups is 3. The van der Waals surface area contributed by atoms with Crippen LogP contribution in [0, 0.1) is 23.7 Å². The van der Waals surface area contributed by atoms with Crippen molar-refractivity contribution in [2.45, 2.75) is 13.3 Å². The Kier molecular flexibility index (Phi) is 3.37. The molecule has 2 bridgehead atoms. The Morgan fingerprint density at radius 1 is 1.15 bits per heavy atom. The molecule has 6 heteroatoms. The van der Waals surface area contributed by atoms with Crippen molar-refractivity contribution in [1.29, 1.82) is 0 Å². The zero-order valence-corrected chi connectivity index (χ0v) is 14.6. The Bertz CT molecular complexity index is 990. The summed E-state index contributed by atoms with van der Waals surface area (Å²) in [5, 5.41) is 0. The van der Waals surface area contributed by atoms with Gasteiger partial charge in [-0.15, -0.1) is 0 Å². The Labute approximate surface area is 155 Å². The Morgan fingerprint density at radius 3 is 2.74 bits per heavy atom. The SMILES string of the molecule is CC1=C[C@H]2C[C@H]1[C@H]1C(=O)N(c3cccc(OC(=O)c4ccco4)c3)C(=O)[C@H]12. The van der Waals surface area contributed by atoms with Crippen LogP contribution in [0.4, 0.5) is 5.69 Å². The predicted molar refractivity (Wildman–Crippen MR) is 94.9 cm³/mol. The largest absolute Gasteiger partial charge is 0.457 e. The van der Waals surface area contributed by atoms with E-state index < -0.39 is 5.97 Å². The summed E-state index contributed by atoms with van der Waals surface area (Å²) >= 11 is 0. The normalized spacial score (nSPS) is 28.5. The van der Waals surface area contributed by atoms with Crippen molar-refractivity contribution in [1.82, 2.24) is 0 Å². The van der Waals surface area contributed by atoms with Gasteiger partial charge in [-0.2, -0.15) is 0 Å². The van der Waals surface area contributed by atoms with E-state index >= 15 is 0 Å². The van der Waals surface area contributed by atoms with E-state index in [1.165, 1.54) is 22.8 Å². The molecule has 1 aliphatic heterocycles. The van der Waals surface area contributed by atoms with Crippen LogP contribution in [-0.4, -0.2) is 17.8 Å². The number of furan rings is 1. The monoisotopic (exact) mass is 363 g/mol.